The lowest BCUT2D eigenvalue weighted by Crippen LogP contribution is -2.38. The lowest BCUT2D eigenvalue weighted by molar-refractivity contribution is 0.207. The Kier molecular flexibility index (Phi) is 4.29. The van der Waals surface area contributed by atoms with Crippen molar-refractivity contribution in [2.24, 2.45) is 0 Å². The zero-order valence-electron chi connectivity index (χ0n) is 6.13. The molecule has 0 aromatic heterocycles. The monoisotopic (exact) mass is 176 g/mol. The Labute approximate surface area is 69.8 Å². The van der Waals surface area contributed by atoms with Gasteiger partial charge in [0.15, 0.2) is 0 Å². The summed E-state index contributed by atoms with van der Waals surface area (Å²) in [6, 6.07) is -0.537. The van der Waals surface area contributed by atoms with Crippen LogP contribution in [0, 0.1) is 0 Å². The van der Waals surface area contributed by atoms with Crippen LogP contribution in [-0.2, 0) is 0 Å². The second kappa shape index (κ2) is 4.73. The van der Waals surface area contributed by atoms with E-state index in [1.165, 1.54) is 13.1 Å². The van der Waals surface area contributed by atoms with E-state index in [1.54, 1.807) is 0 Å². The molecule has 0 unspecified atom stereocenters. The minimum absolute atomic E-state index is 0.313. The zero-order chi connectivity index (χ0) is 8.85. The van der Waals surface area contributed by atoms with Crippen molar-refractivity contribution in [2.75, 3.05) is 13.6 Å². The predicted octanol–water partition coefficient (Wildman–Crippen LogP) is 1.17. The standard InChI is InChI=1S/C6H9ClN2O2/c1-3-4-8-6(11)9(2)5(7)10/h3H,1,4H2,2H3,(H,8,11). The lowest BCUT2D eigenvalue weighted by atomic mass is 10.6. The van der Waals surface area contributed by atoms with Crippen LogP contribution < -0.4 is 5.32 Å². The molecule has 0 aromatic rings. The summed E-state index contributed by atoms with van der Waals surface area (Å²) < 4.78 is 0. The van der Waals surface area contributed by atoms with Crippen LogP contribution in [0.3, 0.4) is 0 Å². The quantitative estimate of drug-likeness (QED) is 0.390. The van der Waals surface area contributed by atoms with Crippen molar-refractivity contribution in [3.8, 4) is 0 Å². The molecule has 0 heterocycles. The van der Waals surface area contributed by atoms with Crippen LogP contribution in [0.1, 0.15) is 0 Å². The maximum Gasteiger partial charge on any atom is 0.325 e. The molecule has 62 valence electrons. The largest absolute Gasteiger partial charge is 0.334 e. The van der Waals surface area contributed by atoms with Gasteiger partial charge in [-0.15, -0.1) is 6.58 Å². The van der Waals surface area contributed by atoms with E-state index in [4.69, 9.17) is 11.6 Å². The van der Waals surface area contributed by atoms with Crippen LogP contribution >= 0.6 is 11.6 Å². The third-order valence-corrected chi connectivity index (χ3v) is 1.22. The fraction of sp³-hybridized carbons (Fsp3) is 0.333. The van der Waals surface area contributed by atoms with Crippen molar-refractivity contribution in [1.29, 1.82) is 0 Å². The van der Waals surface area contributed by atoms with E-state index in [1.807, 2.05) is 0 Å². The minimum atomic E-state index is -0.813. The van der Waals surface area contributed by atoms with E-state index in [9.17, 15) is 9.59 Å². The number of hydrogen-bond donors (Lipinski definition) is 1. The van der Waals surface area contributed by atoms with Gasteiger partial charge in [-0.1, -0.05) is 6.08 Å². The van der Waals surface area contributed by atoms with Crippen molar-refractivity contribution in [2.45, 2.75) is 0 Å². The van der Waals surface area contributed by atoms with Gasteiger partial charge in [-0.2, -0.15) is 0 Å². The van der Waals surface area contributed by atoms with Gasteiger partial charge in [-0.25, -0.2) is 4.79 Å². The molecule has 0 bridgehead atoms. The highest BCUT2D eigenvalue weighted by atomic mass is 35.5. The Morgan fingerprint density at radius 3 is 2.64 bits per heavy atom. The summed E-state index contributed by atoms with van der Waals surface area (Å²) in [5, 5.41) is 1.56. The van der Waals surface area contributed by atoms with E-state index in [2.05, 4.69) is 11.9 Å². The number of urea groups is 1. The molecule has 3 amide bonds. The number of halogens is 1. The predicted molar refractivity (Wildman–Crippen MR) is 42.6 cm³/mol. The van der Waals surface area contributed by atoms with Crippen LogP contribution in [0.25, 0.3) is 0 Å². The molecule has 11 heavy (non-hydrogen) atoms. The topological polar surface area (TPSA) is 49.4 Å². The van der Waals surface area contributed by atoms with E-state index >= 15 is 0 Å². The minimum Gasteiger partial charge on any atom is -0.334 e. The van der Waals surface area contributed by atoms with Crippen molar-refractivity contribution >= 4 is 23.0 Å². The first kappa shape index (κ1) is 9.97. The smallest absolute Gasteiger partial charge is 0.325 e. The number of carbonyl (C=O) groups is 2. The van der Waals surface area contributed by atoms with Gasteiger partial charge in [0.2, 0.25) is 0 Å². The zero-order valence-corrected chi connectivity index (χ0v) is 6.89. The van der Waals surface area contributed by atoms with Gasteiger partial charge in [-0.05, 0) is 11.6 Å². The first-order valence-electron chi connectivity index (χ1n) is 2.91. The molecule has 0 radical (unpaired) electrons. The molecule has 1 N–H and O–H groups in total. The molecule has 0 saturated heterocycles. The van der Waals surface area contributed by atoms with Crippen LogP contribution in [-0.4, -0.2) is 29.9 Å². The average molecular weight is 177 g/mol. The number of nitrogens with one attached hydrogen (secondary N) is 1. The van der Waals surface area contributed by atoms with E-state index < -0.39 is 11.4 Å². The van der Waals surface area contributed by atoms with E-state index in [0.29, 0.717) is 6.54 Å². The summed E-state index contributed by atoms with van der Waals surface area (Å²) in [5.41, 5.74) is 0. The Balaban J connectivity index is 3.82. The Bertz CT molecular complexity index is 181. The molecule has 5 heteroatoms. The number of carbonyl (C=O) groups excluding carboxylic acids is 2. The van der Waals surface area contributed by atoms with E-state index in [0.717, 1.165) is 4.90 Å². The second-order valence-corrected chi connectivity index (χ2v) is 2.11. The van der Waals surface area contributed by atoms with Crippen molar-refractivity contribution in [3.63, 3.8) is 0 Å². The molecular formula is C6H9ClN2O2. The summed E-state index contributed by atoms with van der Waals surface area (Å²) in [6.07, 6.45) is 1.50. The van der Waals surface area contributed by atoms with Gasteiger partial charge in [0.1, 0.15) is 0 Å². The van der Waals surface area contributed by atoms with Crippen LogP contribution in [0.5, 0.6) is 0 Å². The fourth-order valence-electron chi connectivity index (χ4n) is 0.358. The third-order valence-electron chi connectivity index (χ3n) is 0.966. The molecular weight excluding hydrogens is 168 g/mol. The highest BCUT2D eigenvalue weighted by Gasteiger charge is 2.12. The summed E-state index contributed by atoms with van der Waals surface area (Å²) >= 11 is 5.00. The highest BCUT2D eigenvalue weighted by molar-refractivity contribution is 6.63. The van der Waals surface area contributed by atoms with Crippen LogP contribution in [0.4, 0.5) is 9.59 Å². The second-order valence-electron chi connectivity index (χ2n) is 1.79. The van der Waals surface area contributed by atoms with E-state index in [-0.39, 0.29) is 0 Å². The summed E-state index contributed by atoms with van der Waals surface area (Å²) in [7, 11) is 1.29. The Hall–Kier alpha value is -1.03. The third kappa shape index (κ3) is 3.62. The summed E-state index contributed by atoms with van der Waals surface area (Å²) in [6.45, 7) is 3.70. The highest BCUT2D eigenvalue weighted by Crippen LogP contribution is 1.91. The van der Waals surface area contributed by atoms with Crippen molar-refractivity contribution < 1.29 is 9.59 Å². The van der Waals surface area contributed by atoms with Gasteiger partial charge >= 0.3 is 11.4 Å². The normalized spacial score (nSPS) is 8.55. The molecule has 0 atom stereocenters. The van der Waals surface area contributed by atoms with Gasteiger partial charge in [0.25, 0.3) is 0 Å². The number of amides is 3. The summed E-state index contributed by atoms with van der Waals surface area (Å²) in [4.78, 5) is 21.9. The number of rotatable bonds is 2. The molecule has 0 saturated carbocycles. The number of imide groups is 1. The first-order chi connectivity index (χ1) is 5.09. The Morgan fingerprint density at radius 2 is 2.27 bits per heavy atom. The maximum atomic E-state index is 10.8. The average Bonchev–Trinajstić information content (AvgIpc) is 1.98. The fourth-order valence-corrected chi connectivity index (χ4v) is 0.435. The summed E-state index contributed by atoms with van der Waals surface area (Å²) in [5.74, 6) is 0. The molecule has 4 nitrogen and oxygen atoms in total. The van der Waals surface area contributed by atoms with Gasteiger partial charge in [-0.3, -0.25) is 9.69 Å². The molecule has 0 fully saturated rings. The van der Waals surface area contributed by atoms with Gasteiger partial charge < -0.3 is 5.32 Å². The Morgan fingerprint density at radius 1 is 1.73 bits per heavy atom. The lowest BCUT2D eigenvalue weighted by Gasteiger charge is -2.10. The van der Waals surface area contributed by atoms with Crippen LogP contribution in [0.15, 0.2) is 12.7 Å². The van der Waals surface area contributed by atoms with Crippen molar-refractivity contribution in [1.82, 2.24) is 10.2 Å². The molecule has 0 aliphatic heterocycles. The molecule has 0 aliphatic rings. The molecule has 0 spiro atoms. The van der Waals surface area contributed by atoms with Crippen molar-refractivity contribution in [3.05, 3.63) is 12.7 Å². The molecule has 0 aliphatic carbocycles. The van der Waals surface area contributed by atoms with Gasteiger partial charge in [0.05, 0.1) is 0 Å². The molecule has 0 rings (SSSR count). The SMILES string of the molecule is C=CCNC(=O)N(C)C(=O)Cl. The molecule has 0 aromatic carbocycles. The maximum absolute atomic E-state index is 10.8. The van der Waals surface area contributed by atoms with Gasteiger partial charge in [0, 0.05) is 13.6 Å². The first-order valence-corrected chi connectivity index (χ1v) is 3.29. The van der Waals surface area contributed by atoms with Crippen LogP contribution in [0.2, 0.25) is 0 Å². The number of hydrogen-bond acceptors (Lipinski definition) is 2. The number of nitrogens with zero attached hydrogens (tertiary/aromatic N) is 1.